The highest BCUT2D eigenvalue weighted by Crippen LogP contribution is 2.27. The summed E-state index contributed by atoms with van der Waals surface area (Å²) >= 11 is 1.02. The molecule has 236 valence electrons. The third-order valence-electron chi connectivity index (χ3n) is 5.56. The summed E-state index contributed by atoms with van der Waals surface area (Å²) in [5, 5.41) is 0.689. The number of nitrogens with one attached hydrogen (secondary N) is 1. The molecule has 0 fully saturated rings. The van der Waals surface area contributed by atoms with Crippen LogP contribution in [0.25, 0.3) is 0 Å². The van der Waals surface area contributed by atoms with Gasteiger partial charge in [-0.15, -0.1) is 0 Å². The molecule has 14 heteroatoms. The Morgan fingerprint density at radius 3 is 1.64 bits per heavy atom. The van der Waals surface area contributed by atoms with E-state index in [4.69, 9.17) is 23.7 Å². The number of ether oxygens (including phenoxy) is 5. The van der Waals surface area contributed by atoms with Gasteiger partial charge in [0.2, 0.25) is 19.5 Å². The van der Waals surface area contributed by atoms with E-state index in [1.165, 1.54) is 50.2 Å². The summed E-state index contributed by atoms with van der Waals surface area (Å²) in [5.74, 6) is -3.16. The second-order valence-electron chi connectivity index (χ2n) is 9.30. The highest BCUT2D eigenvalue weighted by Gasteiger charge is 2.36. The molecule has 0 aliphatic heterocycles. The molecule has 0 aliphatic carbocycles. The van der Waals surface area contributed by atoms with Crippen LogP contribution in [0.5, 0.6) is 5.75 Å². The minimum Gasteiger partial charge on any atom is -0.425 e. The Bertz CT molecular complexity index is 1470. The number of hydrogen-bond donors (Lipinski definition) is 1. The van der Waals surface area contributed by atoms with Crippen LogP contribution in [0.2, 0.25) is 0 Å². The van der Waals surface area contributed by atoms with E-state index in [0.29, 0.717) is 23.5 Å². The second kappa shape index (κ2) is 17.5. The highest BCUT2D eigenvalue weighted by molar-refractivity contribution is 8.15. The van der Waals surface area contributed by atoms with Gasteiger partial charge in [-0.25, -0.2) is 24.0 Å². The van der Waals surface area contributed by atoms with Crippen molar-refractivity contribution in [3.05, 3.63) is 102 Å². The van der Waals surface area contributed by atoms with Crippen LogP contribution in [-0.4, -0.2) is 64.5 Å². The maximum absolute atomic E-state index is 13.1. The van der Waals surface area contributed by atoms with Gasteiger partial charge in [0.15, 0.2) is 0 Å². The Kier molecular flexibility index (Phi) is 13.5. The summed E-state index contributed by atoms with van der Waals surface area (Å²) in [7, 11) is 0. The molecule has 0 saturated carbocycles. The number of carbonyl (C=O) groups is 6. The number of para-hydroxylation sites is 1. The van der Waals surface area contributed by atoms with Gasteiger partial charge in [-0.2, -0.15) is 0 Å². The summed E-state index contributed by atoms with van der Waals surface area (Å²) in [5.41, 5.74) is 0.537. The first-order valence-electron chi connectivity index (χ1n) is 13.2. The zero-order chi connectivity index (χ0) is 32.7. The van der Waals surface area contributed by atoms with Crippen molar-refractivity contribution in [2.24, 2.45) is 0 Å². The molecule has 0 unspecified atom stereocenters. The van der Waals surface area contributed by atoms with E-state index in [1.807, 2.05) is 0 Å². The summed E-state index contributed by atoms with van der Waals surface area (Å²) < 4.78 is 23.5. The normalized spacial score (nSPS) is 11.3. The predicted molar refractivity (Wildman–Crippen MR) is 165 cm³/mol. The Morgan fingerprint density at radius 1 is 0.667 bits per heavy atom. The van der Waals surface area contributed by atoms with Crippen molar-refractivity contribution in [3.8, 4) is 5.75 Å². The number of esters is 3. The van der Waals surface area contributed by atoms with Crippen molar-refractivity contribution in [3.63, 3.8) is 0 Å². The van der Waals surface area contributed by atoms with Crippen LogP contribution in [0.3, 0.4) is 0 Å². The molecule has 1 atom stereocenters. The SMILES string of the molecule is CC(C)(SC(=O)OCOC(=O)c1ccccc1)C(=O)N[C@@H](CSC(=O)OCOC(=O)c1ccccc1)C(=O)Oc1ccccc1. The van der Waals surface area contributed by atoms with Gasteiger partial charge in [-0.1, -0.05) is 54.6 Å². The number of rotatable bonds is 13. The molecule has 0 heterocycles. The molecule has 0 radical (unpaired) electrons. The average Bonchev–Trinajstić information content (AvgIpc) is 3.03. The first-order chi connectivity index (χ1) is 21.5. The van der Waals surface area contributed by atoms with Crippen molar-refractivity contribution >= 4 is 57.9 Å². The molecule has 3 rings (SSSR count). The molecule has 45 heavy (non-hydrogen) atoms. The Morgan fingerprint density at radius 2 is 1.13 bits per heavy atom. The third kappa shape index (κ3) is 12.0. The van der Waals surface area contributed by atoms with E-state index in [2.05, 4.69) is 5.32 Å². The van der Waals surface area contributed by atoms with Gasteiger partial charge in [-0.05, 0) is 73.8 Å². The molecule has 0 aliphatic rings. The zero-order valence-corrected chi connectivity index (χ0v) is 25.8. The standard InChI is InChI=1S/C31H29NO11S2/c1-31(2,45-30(38)42-20-40-26(34)22-14-8-4-9-15-22)28(36)32-24(27(35)43-23-16-10-5-11-17-23)18-44-29(37)41-19-39-25(33)21-12-6-3-7-13-21/h3-17,24H,18-20H2,1-2H3,(H,32,36)/t24-/m0/s1. The fraction of sp³-hybridized carbons (Fsp3) is 0.226. The van der Waals surface area contributed by atoms with Crippen LogP contribution in [0, 0.1) is 0 Å². The van der Waals surface area contributed by atoms with E-state index < -0.39 is 58.8 Å². The smallest absolute Gasteiger partial charge is 0.371 e. The highest BCUT2D eigenvalue weighted by atomic mass is 32.2. The van der Waals surface area contributed by atoms with E-state index >= 15 is 0 Å². The number of hydrogen-bond acceptors (Lipinski definition) is 13. The molecule has 1 N–H and O–H groups in total. The molecular weight excluding hydrogens is 626 g/mol. The third-order valence-corrected chi connectivity index (χ3v) is 7.39. The summed E-state index contributed by atoms with van der Waals surface area (Å²) in [4.78, 5) is 74.8. The molecule has 3 aromatic rings. The fourth-order valence-electron chi connectivity index (χ4n) is 3.23. The summed E-state index contributed by atoms with van der Waals surface area (Å²) in [6.07, 6.45) is 0. The molecular formula is C31H29NO11S2. The van der Waals surface area contributed by atoms with Gasteiger partial charge in [0.1, 0.15) is 11.8 Å². The quantitative estimate of drug-likeness (QED) is 0.145. The van der Waals surface area contributed by atoms with Crippen molar-refractivity contribution < 1.29 is 52.5 Å². The Balaban J connectivity index is 1.53. The van der Waals surface area contributed by atoms with Crippen LogP contribution in [-0.2, 0) is 28.5 Å². The van der Waals surface area contributed by atoms with Crippen molar-refractivity contribution in [2.75, 3.05) is 19.3 Å². The number of thioether (sulfide) groups is 2. The molecule has 0 aromatic heterocycles. The number of carbonyl (C=O) groups excluding carboxylic acids is 6. The summed E-state index contributed by atoms with van der Waals surface area (Å²) in [6, 6.07) is 22.9. The molecule has 0 bridgehead atoms. The van der Waals surface area contributed by atoms with Gasteiger partial charge >= 0.3 is 28.5 Å². The van der Waals surface area contributed by atoms with Gasteiger partial charge in [0.05, 0.1) is 15.9 Å². The second-order valence-corrected chi connectivity index (χ2v) is 11.8. The number of benzene rings is 3. The topological polar surface area (TPSA) is 161 Å². The maximum atomic E-state index is 13.1. The molecule has 0 saturated heterocycles. The van der Waals surface area contributed by atoms with Crippen molar-refractivity contribution in [1.29, 1.82) is 0 Å². The van der Waals surface area contributed by atoms with Crippen LogP contribution < -0.4 is 10.1 Å². The predicted octanol–water partition coefficient (Wildman–Crippen LogP) is 5.22. The average molecular weight is 656 g/mol. The lowest BCUT2D eigenvalue weighted by Crippen LogP contribution is -2.51. The Hall–Kier alpha value is -4.82. The van der Waals surface area contributed by atoms with E-state index in [9.17, 15) is 28.8 Å². The molecule has 1 amide bonds. The minimum atomic E-state index is -1.47. The lowest BCUT2D eigenvalue weighted by atomic mass is 10.2. The lowest BCUT2D eigenvalue weighted by molar-refractivity contribution is -0.139. The van der Waals surface area contributed by atoms with Crippen LogP contribution >= 0.6 is 23.5 Å². The van der Waals surface area contributed by atoms with Crippen molar-refractivity contribution in [2.45, 2.75) is 24.6 Å². The van der Waals surface area contributed by atoms with Gasteiger partial charge in [0, 0.05) is 5.75 Å². The summed E-state index contributed by atoms with van der Waals surface area (Å²) in [6.45, 7) is 1.47. The monoisotopic (exact) mass is 655 g/mol. The van der Waals surface area contributed by atoms with E-state index in [1.54, 1.807) is 54.6 Å². The minimum absolute atomic E-state index is 0.199. The van der Waals surface area contributed by atoms with Gasteiger partial charge in [0.25, 0.3) is 0 Å². The van der Waals surface area contributed by atoms with E-state index in [0.717, 1.165) is 0 Å². The largest absolute Gasteiger partial charge is 0.425 e. The zero-order valence-electron chi connectivity index (χ0n) is 24.2. The molecule has 0 spiro atoms. The van der Waals surface area contributed by atoms with Crippen LogP contribution in [0.1, 0.15) is 34.6 Å². The Labute approximate surface area is 267 Å². The first-order valence-corrected chi connectivity index (χ1v) is 15.0. The van der Waals surface area contributed by atoms with Crippen LogP contribution in [0.15, 0.2) is 91.0 Å². The fourth-order valence-corrected chi connectivity index (χ4v) is 4.56. The number of amides is 1. The molecule has 3 aromatic carbocycles. The molecule has 12 nitrogen and oxygen atoms in total. The maximum Gasteiger partial charge on any atom is 0.371 e. The van der Waals surface area contributed by atoms with Crippen molar-refractivity contribution in [1.82, 2.24) is 5.32 Å². The van der Waals surface area contributed by atoms with Gasteiger partial charge < -0.3 is 29.0 Å². The van der Waals surface area contributed by atoms with Crippen LogP contribution in [0.4, 0.5) is 9.59 Å². The lowest BCUT2D eigenvalue weighted by Gasteiger charge is -2.25. The van der Waals surface area contributed by atoms with Gasteiger partial charge in [-0.3, -0.25) is 4.79 Å². The van der Waals surface area contributed by atoms with E-state index in [-0.39, 0.29) is 22.6 Å². The first kappa shape index (κ1) is 34.7.